The third-order valence-corrected chi connectivity index (χ3v) is 3.84. The van der Waals surface area contributed by atoms with Gasteiger partial charge in [0.1, 0.15) is 0 Å². The number of benzene rings is 2. The van der Waals surface area contributed by atoms with Gasteiger partial charge in [-0.15, -0.1) is 0 Å². The molecular formula is C19H20N2O2. The Bertz CT molecular complexity index is 691. The van der Waals surface area contributed by atoms with Crippen molar-refractivity contribution in [2.24, 2.45) is 0 Å². The minimum Gasteiger partial charge on any atom is -0.326 e. The summed E-state index contributed by atoms with van der Waals surface area (Å²) in [6.45, 7) is 1.48. The standard InChI is InChI=1S/C19H20N2O2/c1-14(22)20-16-7-9-17(10-8-16)21(18-11-12-18)19(23)13-15-5-3-2-4-6-15/h2-10,18H,11-13H2,1H3,(H,20,22). The molecule has 1 fully saturated rings. The highest BCUT2D eigenvalue weighted by atomic mass is 16.2. The molecule has 2 amide bonds. The van der Waals surface area contributed by atoms with Gasteiger partial charge in [-0.2, -0.15) is 0 Å². The number of carbonyl (C=O) groups is 2. The zero-order valence-electron chi connectivity index (χ0n) is 13.2. The first kappa shape index (κ1) is 15.3. The quantitative estimate of drug-likeness (QED) is 0.920. The molecule has 3 rings (SSSR count). The molecule has 4 heteroatoms. The lowest BCUT2D eigenvalue weighted by atomic mass is 10.1. The Balaban J connectivity index is 1.76. The van der Waals surface area contributed by atoms with Gasteiger partial charge in [-0.1, -0.05) is 30.3 Å². The summed E-state index contributed by atoms with van der Waals surface area (Å²) in [6.07, 6.45) is 2.51. The van der Waals surface area contributed by atoms with E-state index in [0.717, 1.165) is 29.8 Å². The second kappa shape index (κ2) is 6.65. The van der Waals surface area contributed by atoms with Crippen LogP contribution < -0.4 is 10.2 Å². The molecule has 0 spiro atoms. The fourth-order valence-corrected chi connectivity index (χ4v) is 2.66. The molecule has 0 radical (unpaired) electrons. The fourth-order valence-electron chi connectivity index (χ4n) is 2.66. The van der Waals surface area contributed by atoms with Crippen LogP contribution in [0.1, 0.15) is 25.3 Å². The molecule has 0 unspecified atom stereocenters. The Labute approximate surface area is 136 Å². The summed E-state index contributed by atoms with van der Waals surface area (Å²) in [4.78, 5) is 25.7. The predicted molar refractivity (Wildman–Crippen MR) is 91.4 cm³/mol. The van der Waals surface area contributed by atoms with Gasteiger partial charge in [-0.3, -0.25) is 9.59 Å². The Kier molecular flexibility index (Phi) is 4.42. The Morgan fingerprint density at radius 3 is 2.26 bits per heavy atom. The van der Waals surface area contributed by atoms with E-state index in [2.05, 4.69) is 5.32 Å². The second-order valence-corrected chi connectivity index (χ2v) is 5.89. The number of rotatable bonds is 5. The van der Waals surface area contributed by atoms with Crippen molar-refractivity contribution in [2.45, 2.75) is 32.2 Å². The summed E-state index contributed by atoms with van der Waals surface area (Å²) >= 11 is 0. The Morgan fingerprint density at radius 2 is 1.70 bits per heavy atom. The molecule has 2 aromatic rings. The maximum Gasteiger partial charge on any atom is 0.231 e. The third-order valence-electron chi connectivity index (χ3n) is 3.84. The largest absolute Gasteiger partial charge is 0.326 e. The van der Waals surface area contributed by atoms with E-state index in [1.54, 1.807) is 0 Å². The maximum absolute atomic E-state index is 12.7. The molecule has 0 atom stereocenters. The molecule has 0 saturated heterocycles. The first-order valence-corrected chi connectivity index (χ1v) is 7.87. The number of nitrogens with one attached hydrogen (secondary N) is 1. The van der Waals surface area contributed by atoms with Crippen LogP contribution in [0.5, 0.6) is 0 Å². The lowest BCUT2D eigenvalue weighted by Gasteiger charge is -2.23. The van der Waals surface area contributed by atoms with Gasteiger partial charge in [-0.25, -0.2) is 0 Å². The topological polar surface area (TPSA) is 49.4 Å². The van der Waals surface area contributed by atoms with Crippen LogP contribution in [-0.2, 0) is 16.0 Å². The minimum atomic E-state index is -0.100. The molecule has 23 heavy (non-hydrogen) atoms. The minimum absolute atomic E-state index is 0.100. The predicted octanol–water partition coefficient (Wildman–Crippen LogP) is 3.38. The average Bonchev–Trinajstić information content (AvgIpc) is 3.34. The van der Waals surface area contributed by atoms with E-state index >= 15 is 0 Å². The van der Waals surface area contributed by atoms with E-state index in [1.165, 1.54) is 6.92 Å². The summed E-state index contributed by atoms with van der Waals surface area (Å²) in [7, 11) is 0. The van der Waals surface area contributed by atoms with E-state index in [1.807, 2.05) is 59.5 Å². The highest BCUT2D eigenvalue weighted by Gasteiger charge is 2.33. The number of hydrogen-bond donors (Lipinski definition) is 1. The molecule has 0 aliphatic heterocycles. The van der Waals surface area contributed by atoms with Crippen LogP contribution in [0.3, 0.4) is 0 Å². The van der Waals surface area contributed by atoms with Crippen molar-refractivity contribution in [3.8, 4) is 0 Å². The number of anilines is 2. The summed E-state index contributed by atoms with van der Waals surface area (Å²) in [5, 5.41) is 2.74. The molecule has 0 aromatic heterocycles. The molecule has 0 heterocycles. The third kappa shape index (κ3) is 3.97. The number of amides is 2. The molecule has 0 bridgehead atoms. The maximum atomic E-state index is 12.7. The van der Waals surface area contributed by atoms with Crippen LogP contribution in [0.15, 0.2) is 54.6 Å². The molecule has 118 valence electrons. The second-order valence-electron chi connectivity index (χ2n) is 5.89. The van der Waals surface area contributed by atoms with Crippen LogP contribution >= 0.6 is 0 Å². The number of hydrogen-bond acceptors (Lipinski definition) is 2. The van der Waals surface area contributed by atoms with Crippen molar-refractivity contribution in [2.75, 3.05) is 10.2 Å². The van der Waals surface area contributed by atoms with Gasteiger partial charge in [0.2, 0.25) is 11.8 Å². The Morgan fingerprint density at radius 1 is 1.04 bits per heavy atom. The smallest absolute Gasteiger partial charge is 0.231 e. The monoisotopic (exact) mass is 308 g/mol. The fraction of sp³-hybridized carbons (Fsp3) is 0.263. The molecular weight excluding hydrogens is 288 g/mol. The highest BCUT2D eigenvalue weighted by Crippen LogP contribution is 2.33. The summed E-state index contributed by atoms with van der Waals surface area (Å²) in [5.41, 5.74) is 2.66. The van der Waals surface area contributed by atoms with Gasteiger partial charge in [0.25, 0.3) is 0 Å². The molecule has 2 aromatic carbocycles. The van der Waals surface area contributed by atoms with E-state index in [-0.39, 0.29) is 11.8 Å². The van der Waals surface area contributed by atoms with Crippen LogP contribution in [0.2, 0.25) is 0 Å². The van der Waals surface area contributed by atoms with Crippen molar-refractivity contribution in [1.82, 2.24) is 0 Å². The van der Waals surface area contributed by atoms with Gasteiger partial charge in [0, 0.05) is 24.3 Å². The van der Waals surface area contributed by atoms with E-state index in [4.69, 9.17) is 0 Å². The highest BCUT2D eigenvalue weighted by molar-refractivity contribution is 5.96. The van der Waals surface area contributed by atoms with Gasteiger partial charge in [0.15, 0.2) is 0 Å². The van der Waals surface area contributed by atoms with Crippen molar-refractivity contribution in [1.29, 1.82) is 0 Å². The van der Waals surface area contributed by atoms with E-state index in [9.17, 15) is 9.59 Å². The Hall–Kier alpha value is -2.62. The van der Waals surface area contributed by atoms with Crippen molar-refractivity contribution < 1.29 is 9.59 Å². The van der Waals surface area contributed by atoms with Gasteiger partial charge >= 0.3 is 0 Å². The first-order valence-electron chi connectivity index (χ1n) is 7.87. The summed E-state index contributed by atoms with van der Waals surface area (Å²) < 4.78 is 0. The first-order chi connectivity index (χ1) is 11.1. The average molecular weight is 308 g/mol. The lowest BCUT2D eigenvalue weighted by Crippen LogP contribution is -2.34. The van der Waals surface area contributed by atoms with E-state index in [0.29, 0.717) is 12.5 Å². The van der Waals surface area contributed by atoms with Gasteiger partial charge in [-0.05, 0) is 42.7 Å². The normalized spacial score (nSPS) is 13.4. The van der Waals surface area contributed by atoms with Crippen LogP contribution in [0, 0.1) is 0 Å². The van der Waals surface area contributed by atoms with Crippen molar-refractivity contribution >= 4 is 23.2 Å². The number of carbonyl (C=O) groups excluding carboxylic acids is 2. The summed E-state index contributed by atoms with van der Waals surface area (Å²) in [6, 6.07) is 17.6. The van der Waals surface area contributed by atoms with Gasteiger partial charge < -0.3 is 10.2 Å². The van der Waals surface area contributed by atoms with Crippen LogP contribution in [-0.4, -0.2) is 17.9 Å². The molecule has 1 N–H and O–H groups in total. The van der Waals surface area contributed by atoms with Gasteiger partial charge in [0.05, 0.1) is 6.42 Å². The van der Waals surface area contributed by atoms with Crippen molar-refractivity contribution in [3.63, 3.8) is 0 Å². The molecule has 4 nitrogen and oxygen atoms in total. The van der Waals surface area contributed by atoms with E-state index < -0.39 is 0 Å². The zero-order chi connectivity index (χ0) is 16.2. The molecule has 1 aliphatic carbocycles. The van der Waals surface area contributed by atoms with Crippen LogP contribution in [0.25, 0.3) is 0 Å². The summed E-state index contributed by atoms with van der Waals surface area (Å²) in [5.74, 6) is 0.0166. The van der Waals surface area contributed by atoms with Crippen LogP contribution in [0.4, 0.5) is 11.4 Å². The molecule has 1 saturated carbocycles. The molecule has 1 aliphatic rings. The van der Waals surface area contributed by atoms with Crippen molar-refractivity contribution in [3.05, 3.63) is 60.2 Å². The number of nitrogens with zero attached hydrogens (tertiary/aromatic N) is 1. The lowest BCUT2D eigenvalue weighted by molar-refractivity contribution is -0.118. The zero-order valence-corrected chi connectivity index (χ0v) is 13.2. The SMILES string of the molecule is CC(=O)Nc1ccc(N(C(=O)Cc2ccccc2)C2CC2)cc1.